The lowest BCUT2D eigenvalue weighted by Crippen LogP contribution is -2.12. The van der Waals surface area contributed by atoms with Crippen LogP contribution in [0.3, 0.4) is 0 Å². The van der Waals surface area contributed by atoms with Gasteiger partial charge in [0.05, 0.1) is 13.2 Å². The average molecular weight is 204 g/mol. The van der Waals surface area contributed by atoms with Crippen LogP contribution in [0.25, 0.3) is 10.9 Å². The Morgan fingerprint density at radius 3 is 2.87 bits per heavy atom. The van der Waals surface area contributed by atoms with E-state index in [1.807, 2.05) is 0 Å². The normalized spacial score (nSPS) is 11.0. The molecule has 0 aliphatic carbocycles. The standard InChI is InChI=1S/C12H16N2O/c13-6-9-15-10-8-14-7-5-11-3-1-2-4-12(11)14/h1-5,7H,6,8-10,13H2. The molecule has 0 saturated carbocycles. The Morgan fingerprint density at radius 1 is 1.13 bits per heavy atom. The maximum Gasteiger partial charge on any atom is 0.0646 e. The van der Waals surface area contributed by atoms with Crippen molar-refractivity contribution in [3.05, 3.63) is 36.5 Å². The molecule has 2 rings (SSSR count). The molecule has 15 heavy (non-hydrogen) atoms. The minimum absolute atomic E-state index is 0.590. The van der Waals surface area contributed by atoms with E-state index in [9.17, 15) is 0 Å². The van der Waals surface area contributed by atoms with Gasteiger partial charge in [-0.25, -0.2) is 0 Å². The van der Waals surface area contributed by atoms with Gasteiger partial charge in [-0.15, -0.1) is 0 Å². The second-order valence-electron chi connectivity index (χ2n) is 3.47. The van der Waals surface area contributed by atoms with Crippen molar-refractivity contribution in [1.82, 2.24) is 4.57 Å². The number of rotatable bonds is 5. The maximum absolute atomic E-state index is 5.36. The van der Waals surface area contributed by atoms with E-state index in [0.717, 1.165) is 13.2 Å². The third kappa shape index (κ3) is 2.37. The highest BCUT2D eigenvalue weighted by Crippen LogP contribution is 2.14. The van der Waals surface area contributed by atoms with Gasteiger partial charge in [0.25, 0.3) is 0 Å². The third-order valence-corrected chi connectivity index (χ3v) is 2.42. The average Bonchev–Trinajstić information content (AvgIpc) is 2.68. The van der Waals surface area contributed by atoms with Crippen molar-refractivity contribution in [3.63, 3.8) is 0 Å². The third-order valence-electron chi connectivity index (χ3n) is 2.42. The highest BCUT2D eigenvalue weighted by Gasteiger charge is 1.98. The van der Waals surface area contributed by atoms with Crippen LogP contribution in [-0.4, -0.2) is 24.3 Å². The van der Waals surface area contributed by atoms with E-state index in [2.05, 4.69) is 41.1 Å². The highest BCUT2D eigenvalue weighted by molar-refractivity contribution is 5.79. The van der Waals surface area contributed by atoms with Gasteiger partial charge in [0.2, 0.25) is 0 Å². The molecule has 0 fully saturated rings. The van der Waals surface area contributed by atoms with Crippen LogP contribution in [0.1, 0.15) is 0 Å². The van der Waals surface area contributed by atoms with E-state index in [-0.39, 0.29) is 0 Å². The summed E-state index contributed by atoms with van der Waals surface area (Å²) in [6.07, 6.45) is 2.09. The van der Waals surface area contributed by atoms with Crippen molar-refractivity contribution >= 4 is 10.9 Å². The van der Waals surface area contributed by atoms with Gasteiger partial charge in [0.15, 0.2) is 0 Å². The molecule has 1 aromatic heterocycles. The number of fused-ring (bicyclic) bond motifs is 1. The zero-order valence-electron chi connectivity index (χ0n) is 8.73. The zero-order valence-corrected chi connectivity index (χ0v) is 8.73. The van der Waals surface area contributed by atoms with Crippen LogP contribution in [0, 0.1) is 0 Å². The summed E-state index contributed by atoms with van der Waals surface area (Å²) in [5, 5.41) is 1.27. The summed E-state index contributed by atoms with van der Waals surface area (Å²) >= 11 is 0. The van der Waals surface area contributed by atoms with Crippen LogP contribution >= 0.6 is 0 Å². The number of hydrogen-bond acceptors (Lipinski definition) is 2. The number of benzene rings is 1. The van der Waals surface area contributed by atoms with Gasteiger partial charge in [-0.1, -0.05) is 18.2 Å². The van der Waals surface area contributed by atoms with Gasteiger partial charge >= 0.3 is 0 Å². The van der Waals surface area contributed by atoms with Crippen molar-refractivity contribution in [2.45, 2.75) is 6.54 Å². The molecule has 3 nitrogen and oxygen atoms in total. The molecule has 1 heterocycles. The molecule has 0 aliphatic heterocycles. The maximum atomic E-state index is 5.36. The van der Waals surface area contributed by atoms with Crippen LogP contribution in [0.5, 0.6) is 0 Å². The van der Waals surface area contributed by atoms with Crippen LogP contribution in [0.4, 0.5) is 0 Å². The summed E-state index contributed by atoms with van der Waals surface area (Å²) in [4.78, 5) is 0. The van der Waals surface area contributed by atoms with Gasteiger partial charge in [-0.05, 0) is 17.5 Å². The lowest BCUT2D eigenvalue weighted by molar-refractivity contribution is 0.134. The van der Waals surface area contributed by atoms with Gasteiger partial charge in [0, 0.05) is 24.8 Å². The number of para-hydroxylation sites is 1. The predicted octanol–water partition coefficient (Wildman–Crippen LogP) is 1.62. The number of ether oxygens (including phenoxy) is 1. The van der Waals surface area contributed by atoms with E-state index < -0.39 is 0 Å². The minimum Gasteiger partial charge on any atom is -0.378 e. The van der Waals surface area contributed by atoms with Crippen molar-refractivity contribution in [2.75, 3.05) is 19.8 Å². The molecule has 0 atom stereocenters. The van der Waals surface area contributed by atoms with Crippen LogP contribution in [-0.2, 0) is 11.3 Å². The Labute approximate surface area is 89.4 Å². The number of hydrogen-bond donors (Lipinski definition) is 1. The van der Waals surface area contributed by atoms with Crippen LogP contribution in [0.15, 0.2) is 36.5 Å². The summed E-state index contributed by atoms with van der Waals surface area (Å²) in [6.45, 7) is 2.83. The molecule has 0 radical (unpaired) electrons. The molecular formula is C12H16N2O. The van der Waals surface area contributed by atoms with Crippen LogP contribution < -0.4 is 5.73 Å². The van der Waals surface area contributed by atoms with Gasteiger partial charge in [-0.2, -0.15) is 0 Å². The second kappa shape index (κ2) is 4.96. The zero-order chi connectivity index (χ0) is 10.5. The van der Waals surface area contributed by atoms with E-state index >= 15 is 0 Å². The first-order chi connectivity index (χ1) is 7.42. The van der Waals surface area contributed by atoms with E-state index in [1.54, 1.807) is 0 Å². The smallest absolute Gasteiger partial charge is 0.0646 e. The van der Waals surface area contributed by atoms with Gasteiger partial charge in [-0.3, -0.25) is 0 Å². The predicted molar refractivity (Wildman–Crippen MR) is 61.8 cm³/mol. The summed E-state index contributed by atoms with van der Waals surface area (Å²) < 4.78 is 7.56. The first-order valence-electron chi connectivity index (χ1n) is 5.23. The van der Waals surface area contributed by atoms with Crippen molar-refractivity contribution in [3.8, 4) is 0 Å². The molecule has 3 heteroatoms. The van der Waals surface area contributed by atoms with Crippen molar-refractivity contribution < 1.29 is 4.74 Å². The highest BCUT2D eigenvalue weighted by atomic mass is 16.5. The molecule has 0 spiro atoms. The first-order valence-corrected chi connectivity index (χ1v) is 5.23. The monoisotopic (exact) mass is 204 g/mol. The Kier molecular flexibility index (Phi) is 3.37. The number of nitrogens with two attached hydrogens (primary N) is 1. The van der Waals surface area contributed by atoms with E-state index in [0.29, 0.717) is 13.2 Å². The Hall–Kier alpha value is -1.32. The topological polar surface area (TPSA) is 40.2 Å². The molecular weight excluding hydrogens is 188 g/mol. The largest absolute Gasteiger partial charge is 0.378 e. The lowest BCUT2D eigenvalue weighted by atomic mass is 10.2. The molecule has 0 aliphatic rings. The SMILES string of the molecule is NCCOCCn1ccc2ccccc21. The van der Waals surface area contributed by atoms with Crippen molar-refractivity contribution in [2.24, 2.45) is 5.73 Å². The molecule has 2 N–H and O–H groups in total. The molecule has 0 unspecified atom stereocenters. The fourth-order valence-electron chi connectivity index (χ4n) is 1.68. The molecule has 0 bridgehead atoms. The molecule has 1 aromatic carbocycles. The quantitative estimate of drug-likeness (QED) is 0.752. The summed E-state index contributed by atoms with van der Waals surface area (Å²) in [6, 6.07) is 10.5. The molecule has 0 saturated heterocycles. The summed E-state index contributed by atoms with van der Waals surface area (Å²) in [5.41, 5.74) is 6.60. The Bertz CT molecular complexity index is 422. The Morgan fingerprint density at radius 2 is 2.00 bits per heavy atom. The molecule has 80 valence electrons. The fraction of sp³-hybridized carbons (Fsp3) is 0.333. The molecule has 0 amide bonds. The fourth-order valence-corrected chi connectivity index (χ4v) is 1.68. The first kappa shape index (κ1) is 10.2. The minimum atomic E-state index is 0.590. The summed E-state index contributed by atoms with van der Waals surface area (Å²) in [5.74, 6) is 0. The lowest BCUT2D eigenvalue weighted by Gasteiger charge is -2.05. The van der Waals surface area contributed by atoms with E-state index in [1.165, 1.54) is 10.9 Å². The van der Waals surface area contributed by atoms with E-state index in [4.69, 9.17) is 10.5 Å². The number of aromatic nitrogens is 1. The van der Waals surface area contributed by atoms with Crippen molar-refractivity contribution in [1.29, 1.82) is 0 Å². The second-order valence-corrected chi connectivity index (χ2v) is 3.47. The van der Waals surface area contributed by atoms with Gasteiger partial charge in [0.1, 0.15) is 0 Å². The Balaban J connectivity index is 2.02. The van der Waals surface area contributed by atoms with Gasteiger partial charge < -0.3 is 15.0 Å². The summed E-state index contributed by atoms with van der Waals surface area (Å²) in [7, 11) is 0. The molecule has 2 aromatic rings. The number of nitrogens with zero attached hydrogens (tertiary/aromatic N) is 1. The van der Waals surface area contributed by atoms with Crippen LogP contribution in [0.2, 0.25) is 0 Å².